The maximum Gasteiger partial charge on any atom is 0.326 e. The van der Waals surface area contributed by atoms with E-state index in [0.717, 1.165) is 5.57 Å². The van der Waals surface area contributed by atoms with Crippen molar-refractivity contribution in [3.63, 3.8) is 0 Å². The number of nitrogens with one attached hydrogen (secondary N) is 1. The smallest absolute Gasteiger partial charge is 0.326 e. The van der Waals surface area contributed by atoms with Crippen LogP contribution in [0.4, 0.5) is 4.79 Å². The van der Waals surface area contributed by atoms with Crippen molar-refractivity contribution in [1.29, 1.82) is 0 Å². The number of carboxylic acid groups (broad SMARTS) is 1. The molecule has 104 valence electrons. The molecule has 6 heteroatoms. The minimum absolute atomic E-state index is 0.353. The molecule has 0 aromatic carbocycles. The van der Waals surface area contributed by atoms with E-state index in [4.69, 9.17) is 5.11 Å². The number of thioether (sulfide) groups is 1. The van der Waals surface area contributed by atoms with Gasteiger partial charge in [0.15, 0.2) is 0 Å². The third-order valence-corrected chi connectivity index (χ3v) is 2.98. The second kappa shape index (κ2) is 8.85. The lowest BCUT2D eigenvalue weighted by atomic mass is 10.2. The van der Waals surface area contributed by atoms with Crippen molar-refractivity contribution in [2.75, 3.05) is 25.1 Å². The Morgan fingerprint density at radius 3 is 2.50 bits per heavy atom. The number of likely N-dealkylation sites (N-methyl/N-ethyl adjacent to an activating group) is 1. The molecule has 0 heterocycles. The van der Waals surface area contributed by atoms with E-state index < -0.39 is 12.0 Å². The zero-order chi connectivity index (χ0) is 14.1. The summed E-state index contributed by atoms with van der Waals surface area (Å²) in [6.07, 6.45) is 2.33. The summed E-state index contributed by atoms with van der Waals surface area (Å²) in [4.78, 5) is 24.4. The molecule has 0 rings (SSSR count). The number of urea groups is 1. The molecule has 0 aromatic rings. The normalized spacial score (nSPS) is 11.7. The number of hydrogen-bond acceptors (Lipinski definition) is 3. The largest absolute Gasteiger partial charge is 0.480 e. The van der Waals surface area contributed by atoms with Gasteiger partial charge in [-0.2, -0.15) is 11.8 Å². The Balaban J connectivity index is 4.46. The standard InChI is InChI=1S/C12H22N2O3S/c1-5-14(8-9(2)3)12(17)13-10(11(15)16)6-7-18-4/h10H,2,5-8H2,1,3-4H3,(H,13,17)(H,15,16). The number of amides is 2. The monoisotopic (exact) mass is 274 g/mol. The lowest BCUT2D eigenvalue weighted by molar-refractivity contribution is -0.139. The lowest BCUT2D eigenvalue weighted by Crippen LogP contribution is -2.48. The topological polar surface area (TPSA) is 69.6 Å². The number of hydrogen-bond donors (Lipinski definition) is 2. The number of carboxylic acids is 1. The predicted octanol–water partition coefficient (Wildman–Crippen LogP) is 1.80. The molecular formula is C12H22N2O3S. The number of carbonyl (C=O) groups is 2. The maximum absolute atomic E-state index is 11.9. The van der Waals surface area contributed by atoms with E-state index in [1.54, 1.807) is 11.8 Å². The van der Waals surface area contributed by atoms with Gasteiger partial charge in [-0.1, -0.05) is 12.2 Å². The molecule has 18 heavy (non-hydrogen) atoms. The van der Waals surface area contributed by atoms with Crippen molar-refractivity contribution in [3.05, 3.63) is 12.2 Å². The number of nitrogens with zero attached hydrogens (tertiary/aromatic N) is 1. The van der Waals surface area contributed by atoms with Crippen LogP contribution in [-0.4, -0.2) is 53.1 Å². The Morgan fingerprint density at radius 2 is 2.11 bits per heavy atom. The fourth-order valence-corrected chi connectivity index (χ4v) is 1.86. The van der Waals surface area contributed by atoms with Crippen LogP contribution in [0.5, 0.6) is 0 Å². The minimum Gasteiger partial charge on any atom is -0.480 e. The highest BCUT2D eigenvalue weighted by atomic mass is 32.2. The van der Waals surface area contributed by atoms with Crippen molar-refractivity contribution < 1.29 is 14.7 Å². The summed E-state index contributed by atoms with van der Waals surface area (Å²) in [6.45, 7) is 8.39. The molecular weight excluding hydrogens is 252 g/mol. The van der Waals surface area contributed by atoms with Crippen LogP contribution in [0.2, 0.25) is 0 Å². The van der Waals surface area contributed by atoms with Gasteiger partial charge in [-0.3, -0.25) is 0 Å². The molecule has 0 aliphatic carbocycles. The second-order valence-corrected chi connectivity index (χ2v) is 5.08. The van der Waals surface area contributed by atoms with Gasteiger partial charge in [-0.25, -0.2) is 9.59 Å². The Bertz CT molecular complexity index is 308. The molecule has 0 spiro atoms. The second-order valence-electron chi connectivity index (χ2n) is 4.09. The molecule has 1 atom stereocenters. The molecule has 0 radical (unpaired) electrons. The van der Waals surface area contributed by atoms with Gasteiger partial charge in [0.25, 0.3) is 0 Å². The van der Waals surface area contributed by atoms with E-state index in [-0.39, 0.29) is 6.03 Å². The third kappa shape index (κ3) is 6.54. The van der Waals surface area contributed by atoms with E-state index in [2.05, 4.69) is 11.9 Å². The molecule has 0 fully saturated rings. The summed E-state index contributed by atoms with van der Waals surface area (Å²) >= 11 is 1.56. The molecule has 1 unspecified atom stereocenters. The third-order valence-electron chi connectivity index (χ3n) is 2.34. The Hall–Kier alpha value is -1.17. The summed E-state index contributed by atoms with van der Waals surface area (Å²) in [7, 11) is 0. The summed E-state index contributed by atoms with van der Waals surface area (Å²) in [5.41, 5.74) is 0.864. The molecule has 0 aliphatic rings. The molecule has 0 aliphatic heterocycles. The molecule has 0 aromatic heterocycles. The van der Waals surface area contributed by atoms with Crippen LogP contribution >= 0.6 is 11.8 Å². The molecule has 2 amide bonds. The SMILES string of the molecule is C=C(C)CN(CC)C(=O)NC(CCSC)C(=O)O. The zero-order valence-corrected chi connectivity index (χ0v) is 12.0. The van der Waals surface area contributed by atoms with E-state index in [0.29, 0.717) is 25.3 Å². The first-order chi connectivity index (χ1) is 8.42. The molecule has 0 saturated carbocycles. The van der Waals surface area contributed by atoms with E-state index in [9.17, 15) is 9.59 Å². The molecule has 2 N–H and O–H groups in total. The summed E-state index contributed by atoms with van der Waals surface area (Å²) in [5, 5.41) is 11.6. The zero-order valence-electron chi connectivity index (χ0n) is 11.2. The maximum atomic E-state index is 11.9. The van der Waals surface area contributed by atoms with Gasteiger partial charge in [-0.15, -0.1) is 0 Å². The van der Waals surface area contributed by atoms with Crippen LogP contribution < -0.4 is 5.32 Å². The predicted molar refractivity (Wildman–Crippen MR) is 75.0 cm³/mol. The van der Waals surface area contributed by atoms with Gasteiger partial charge in [0.1, 0.15) is 6.04 Å². The molecule has 5 nitrogen and oxygen atoms in total. The summed E-state index contributed by atoms with van der Waals surface area (Å²) < 4.78 is 0. The first-order valence-electron chi connectivity index (χ1n) is 5.83. The van der Waals surface area contributed by atoms with Crippen LogP contribution in [0.15, 0.2) is 12.2 Å². The van der Waals surface area contributed by atoms with Gasteiger partial charge in [0, 0.05) is 13.1 Å². The Kier molecular flexibility index (Phi) is 8.28. The van der Waals surface area contributed by atoms with Crippen LogP contribution in [-0.2, 0) is 4.79 Å². The average molecular weight is 274 g/mol. The van der Waals surface area contributed by atoms with Gasteiger partial charge in [-0.05, 0) is 32.3 Å². The van der Waals surface area contributed by atoms with E-state index >= 15 is 0 Å². The van der Waals surface area contributed by atoms with Gasteiger partial charge in [0.05, 0.1) is 0 Å². The fourth-order valence-electron chi connectivity index (χ4n) is 1.39. The highest BCUT2D eigenvalue weighted by Gasteiger charge is 2.21. The highest BCUT2D eigenvalue weighted by Crippen LogP contribution is 2.03. The quantitative estimate of drug-likeness (QED) is 0.662. The van der Waals surface area contributed by atoms with Gasteiger partial charge >= 0.3 is 12.0 Å². The average Bonchev–Trinajstić information content (AvgIpc) is 2.30. The Morgan fingerprint density at radius 1 is 1.50 bits per heavy atom. The van der Waals surface area contributed by atoms with E-state index in [1.807, 2.05) is 20.1 Å². The van der Waals surface area contributed by atoms with Crippen molar-refractivity contribution in [2.24, 2.45) is 0 Å². The van der Waals surface area contributed by atoms with Crippen molar-refractivity contribution >= 4 is 23.8 Å². The first-order valence-corrected chi connectivity index (χ1v) is 7.23. The van der Waals surface area contributed by atoms with Crippen LogP contribution in [0, 0.1) is 0 Å². The molecule has 0 bridgehead atoms. The van der Waals surface area contributed by atoms with Gasteiger partial charge < -0.3 is 15.3 Å². The summed E-state index contributed by atoms with van der Waals surface area (Å²) in [6, 6.07) is -1.18. The minimum atomic E-state index is -0.997. The van der Waals surface area contributed by atoms with E-state index in [1.165, 1.54) is 4.90 Å². The van der Waals surface area contributed by atoms with Crippen molar-refractivity contribution in [1.82, 2.24) is 10.2 Å². The first kappa shape index (κ1) is 16.8. The number of rotatable bonds is 8. The van der Waals surface area contributed by atoms with Crippen LogP contribution in [0.3, 0.4) is 0 Å². The van der Waals surface area contributed by atoms with Crippen LogP contribution in [0.25, 0.3) is 0 Å². The molecule has 0 saturated heterocycles. The fraction of sp³-hybridized carbons (Fsp3) is 0.667. The van der Waals surface area contributed by atoms with Gasteiger partial charge in [0.2, 0.25) is 0 Å². The van der Waals surface area contributed by atoms with Crippen molar-refractivity contribution in [2.45, 2.75) is 26.3 Å². The van der Waals surface area contributed by atoms with Crippen molar-refractivity contribution in [3.8, 4) is 0 Å². The Labute approximate surface area is 113 Å². The highest BCUT2D eigenvalue weighted by molar-refractivity contribution is 7.98. The lowest BCUT2D eigenvalue weighted by Gasteiger charge is -2.24. The summed E-state index contributed by atoms with van der Waals surface area (Å²) in [5.74, 6) is -0.298. The number of aliphatic carboxylic acids is 1. The number of carbonyl (C=O) groups excluding carboxylic acids is 1. The van der Waals surface area contributed by atoms with Crippen LogP contribution in [0.1, 0.15) is 20.3 Å².